The summed E-state index contributed by atoms with van der Waals surface area (Å²) >= 11 is 1.60. The first-order valence-corrected chi connectivity index (χ1v) is 12.0. The number of thiophene rings is 1. The number of anilines is 1. The molecule has 0 saturated carbocycles. The third-order valence-corrected chi connectivity index (χ3v) is 7.69. The highest BCUT2D eigenvalue weighted by Gasteiger charge is 2.22. The quantitative estimate of drug-likeness (QED) is 0.479. The SMILES string of the molecule is O=c1c2c3c(sc2ncn1CCN1CCN(c2cccc4cccnc24)CC1)COCC3. The average molecular weight is 448 g/mol. The Hall–Kier alpha value is -2.81. The van der Waals surface area contributed by atoms with Crippen molar-refractivity contribution in [1.82, 2.24) is 19.4 Å². The van der Waals surface area contributed by atoms with E-state index in [2.05, 4.69) is 44.0 Å². The highest BCUT2D eigenvalue weighted by atomic mass is 32.1. The monoisotopic (exact) mass is 447 g/mol. The van der Waals surface area contributed by atoms with Crippen molar-refractivity contribution in [3.8, 4) is 0 Å². The van der Waals surface area contributed by atoms with Crippen LogP contribution in [0.4, 0.5) is 5.69 Å². The molecule has 0 unspecified atom stereocenters. The van der Waals surface area contributed by atoms with E-state index in [4.69, 9.17) is 4.74 Å². The van der Waals surface area contributed by atoms with Gasteiger partial charge < -0.3 is 9.64 Å². The third kappa shape index (κ3) is 3.48. The van der Waals surface area contributed by atoms with Crippen molar-refractivity contribution in [2.75, 3.05) is 44.2 Å². The van der Waals surface area contributed by atoms with Gasteiger partial charge >= 0.3 is 0 Å². The maximum absolute atomic E-state index is 13.2. The van der Waals surface area contributed by atoms with E-state index in [9.17, 15) is 4.79 Å². The largest absolute Gasteiger partial charge is 0.376 e. The first-order chi connectivity index (χ1) is 15.8. The molecule has 0 amide bonds. The summed E-state index contributed by atoms with van der Waals surface area (Å²) in [5, 5.41) is 1.99. The Morgan fingerprint density at radius 1 is 1.03 bits per heavy atom. The number of hydrogen-bond acceptors (Lipinski definition) is 7. The zero-order chi connectivity index (χ0) is 21.5. The van der Waals surface area contributed by atoms with Crippen LogP contribution in [-0.2, 0) is 24.3 Å². The van der Waals surface area contributed by atoms with Gasteiger partial charge in [0, 0.05) is 55.7 Å². The predicted molar refractivity (Wildman–Crippen MR) is 128 cm³/mol. The molecule has 3 aromatic heterocycles. The van der Waals surface area contributed by atoms with Crippen LogP contribution in [0.1, 0.15) is 10.4 Å². The summed E-state index contributed by atoms with van der Waals surface area (Å²) < 4.78 is 7.33. The highest BCUT2D eigenvalue weighted by Crippen LogP contribution is 2.31. The summed E-state index contributed by atoms with van der Waals surface area (Å²) in [6.07, 6.45) is 4.38. The van der Waals surface area contributed by atoms with Crippen LogP contribution in [0.2, 0.25) is 0 Å². The van der Waals surface area contributed by atoms with Crippen molar-refractivity contribution in [3.63, 3.8) is 0 Å². The molecule has 1 aromatic carbocycles. The molecular formula is C24H25N5O2S. The Morgan fingerprint density at radius 2 is 1.91 bits per heavy atom. The predicted octanol–water partition coefficient (Wildman–Crippen LogP) is 2.90. The van der Waals surface area contributed by atoms with Crippen molar-refractivity contribution < 1.29 is 4.74 Å². The van der Waals surface area contributed by atoms with Gasteiger partial charge in [-0.2, -0.15) is 0 Å². The van der Waals surface area contributed by atoms with Gasteiger partial charge in [0.2, 0.25) is 0 Å². The number of piperazine rings is 1. The molecule has 0 N–H and O–H groups in total. The number of hydrogen-bond donors (Lipinski definition) is 0. The number of nitrogens with zero attached hydrogens (tertiary/aromatic N) is 5. The lowest BCUT2D eigenvalue weighted by molar-refractivity contribution is 0.114. The lowest BCUT2D eigenvalue weighted by Crippen LogP contribution is -2.47. The molecule has 4 aromatic rings. The molecule has 6 rings (SSSR count). The summed E-state index contributed by atoms with van der Waals surface area (Å²) in [4.78, 5) is 29.2. The van der Waals surface area contributed by atoms with Crippen molar-refractivity contribution in [2.45, 2.75) is 19.6 Å². The van der Waals surface area contributed by atoms with Crippen molar-refractivity contribution >= 4 is 38.1 Å². The summed E-state index contributed by atoms with van der Waals surface area (Å²) in [5.74, 6) is 0. The number of para-hydroxylation sites is 1. The summed E-state index contributed by atoms with van der Waals surface area (Å²) in [5.41, 5.74) is 3.52. The van der Waals surface area contributed by atoms with Gasteiger partial charge in [-0.05, 0) is 24.1 Å². The van der Waals surface area contributed by atoms with Crippen LogP contribution < -0.4 is 10.5 Å². The minimum atomic E-state index is 0.0925. The minimum Gasteiger partial charge on any atom is -0.376 e. The van der Waals surface area contributed by atoms with Crippen molar-refractivity contribution in [2.24, 2.45) is 0 Å². The topological polar surface area (TPSA) is 63.5 Å². The summed E-state index contributed by atoms with van der Waals surface area (Å²) in [7, 11) is 0. The fourth-order valence-corrected chi connectivity index (χ4v) is 5.93. The van der Waals surface area contributed by atoms with Gasteiger partial charge in [-0.25, -0.2) is 4.98 Å². The minimum absolute atomic E-state index is 0.0925. The van der Waals surface area contributed by atoms with E-state index in [-0.39, 0.29) is 5.56 Å². The molecule has 1 saturated heterocycles. The second kappa shape index (κ2) is 8.27. The van der Waals surface area contributed by atoms with Gasteiger partial charge in [0.15, 0.2) is 0 Å². The molecule has 2 aliphatic heterocycles. The van der Waals surface area contributed by atoms with E-state index < -0.39 is 0 Å². The molecule has 164 valence electrons. The molecule has 0 atom stereocenters. The second-order valence-corrected chi connectivity index (χ2v) is 9.49. The fourth-order valence-electron chi connectivity index (χ4n) is 4.81. The lowest BCUT2D eigenvalue weighted by atomic mass is 10.1. The molecular weight excluding hydrogens is 422 g/mol. The highest BCUT2D eigenvalue weighted by molar-refractivity contribution is 7.18. The number of ether oxygens (including phenoxy) is 1. The van der Waals surface area contributed by atoms with Gasteiger partial charge in [0.1, 0.15) is 4.83 Å². The van der Waals surface area contributed by atoms with Gasteiger partial charge in [0.25, 0.3) is 5.56 Å². The van der Waals surface area contributed by atoms with Crippen LogP contribution in [0.15, 0.2) is 47.7 Å². The van der Waals surface area contributed by atoms with E-state index in [0.717, 1.165) is 65.3 Å². The van der Waals surface area contributed by atoms with E-state index in [1.807, 2.05) is 12.3 Å². The fraction of sp³-hybridized carbons (Fsp3) is 0.375. The molecule has 32 heavy (non-hydrogen) atoms. The molecule has 2 aliphatic rings. The number of fused-ring (bicyclic) bond motifs is 4. The number of rotatable bonds is 4. The summed E-state index contributed by atoms with van der Waals surface area (Å²) in [6, 6.07) is 10.5. The maximum Gasteiger partial charge on any atom is 0.262 e. The van der Waals surface area contributed by atoms with Crippen LogP contribution in [0.3, 0.4) is 0 Å². The van der Waals surface area contributed by atoms with Crippen molar-refractivity contribution in [3.05, 3.63) is 63.7 Å². The first-order valence-electron chi connectivity index (χ1n) is 11.2. The maximum atomic E-state index is 13.2. The van der Waals surface area contributed by atoms with Gasteiger partial charge in [-0.1, -0.05) is 18.2 Å². The molecule has 0 aliphatic carbocycles. The van der Waals surface area contributed by atoms with E-state index in [0.29, 0.717) is 19.8 Å². The first kappa shape index (κ1) is 19.8. The smallest absolute Gasteiger partial charge is 0.262 e. The van der Waals surface area contributed by atoms with Crippen LogP contribution in [-0.4, -0.2) is 58.8 Å². The van der Waals surface area contributed by atoms with Gasteiger partial charge in [-0.15, -0.1) is 11.3 Å². The molecule has 0 radical (unpaired) electrons. The number of benzene rings is 1. The molecule has 8 heteroatoms. The Balaban J connectivity index is 1.14. The normalized spacial score (nSPS) is 17.2. The standard InChI is InChI=1S/C24H25N5O2S/c30-24-21-18-6-14-31-15-20(18)32-23(21)26-16-29(24)13-10-27-8-11-28(12-9-27)19-5-1-3-17-4-2-7-25-22(17)19/h1-5,7,16H,6,8-15H2. The Kier molecular flexibility index (Phi) is 5.13. The van der Waals surface area contributed by atoms with E-state index in [1.165, 1.54) is 11.1 Å². The number of pyridine rings is 1. The zero-order valence-corrected chi connectivity index (χ0v) is 18.7. The Labute approximate surface area is 189 Å². The Bertz CT molecular complexity index is 1330. The third-order valence-electron chi connectivity index (χ3n) is 6.57. The van der Waals surface area contributed by atoms with Crippen LogP contribution in [0, 0.1) is 0 Å². The Morgan fingerprint density at radius 3 is 2.81 bits per heavy atom. The van der Waals surface area contributed by atoms with Crippen molar-refractivity contribution in [1.29, 1.82) is 0 Å². The van der Waals surface area contributed by atoms with Gasteiger partial charge in [-0.3, -0.25) is 19.2 Å². The zero-order valence-electron chi connectivity index (χ0n) is 17.9. The van der Waals surface area contributed by atoms with Gasteiger partial charge in [0.05, 0.1) is 36.1 Å². The second-order valence-electron chi connectivity index (χ2n) is 8.41. The molecule has 5 heterocycles. The molecule has 1 fully saturated rings. The van der Waals surface area contributed by atoms with E-state index >= 15 is 0 Å². The molecule has 0 bridgehead atoms. The summed E-state index contributed by atoms with van der Waals surface area (Å²) in [6.45, 7) is 6.66. The average Bonchev–Trinajstić information content (AvgIpc) is 3.23. The molecule has 7 nitrogen and oxygen atoms in total. The van der Waals surface area contributed by atoms with Crippen LogP contribution >= 0.6 is 11.3 Å². The van der Waals surface area contributed by atoms with E-state index in [1.54, 1.807) is 22.2 Å². The lowest BCUT2D eigenvalue weighted by Gasteiger charge is -2.36. The number of aromatic nitrogens is 3. The van der Waals surface area contributed by atoms with Crippen LogP contribution in [0.5, 0.6) is 0 Å². The van der Waals surface area contributed by atoms with Crippen LogP contribution in [0.25, 0.3) is 21.1 Å². The molecule has 0 spiro atoms.